The highest BCUT2D eigenvalue weighted by molar-refractivity contribution is 6.14. The molecule has 0 radical (unpaired) electrons. The second-order valence-electron chi connectivity index (χ2n) is 30.7. The van der Waals surface area contributed by atoms with Crippen molar-refractivity contribution in [1.82, 2.24) is 15.0 Å². The summed E-state index contributed by atoms with van der Waals surface area (Å²) in [5, 5.41) is 8.90. The van der Waals surface area contributed by atoms with Gasteiger partial charge in [0.15, 0.2) is 47.7 Å². The Hall–Kier alpha value is -13.3. The first-order chi connectivity index (χ1) is 62.7. The summed E-state index contributed by atoms with van der Waals surface area (Å²) in [4.78, 5) is 13.1. The van der Waals surface area contributed by atoms with Crippen LogP contribution in [-0.2, 0) is 35.2 Å². The molecule has 0 bridgehead atoms. The number of hydrogen-bond donors (Lipinski definition) is 0. The van der Waals surface area contributed by atoms with Gasteiger partial charge in [-0.1, -0.05) is 113 Å². The van der Waals surface area contributed by atoms with Crippen molar-refractivity contribution in [2.24, 2.45) is 35.2 Å². The van der Waals surface area contributed by atoms with Gasteiger partial charge in [0.1, 0.15) is 57.6 Å². The Balaban J connectivity index is 0.000000123. The van der Waals surface area contributed by atoms with Crippen molar-refractivity contribution in [3.05, 3.63) is 310 Å². The van der Waals surface area contributed by atoms with Gasteiger partial charge in [-0.15, -0.1) is 0 Å². The molecule has 0 aliphatic heterocycles. The molecule has 13 aromatic heterocycles. The summed E-state index contributed by atoms with van der Waals surface area (Å²) < 4.78 is 168. The quantitative estimate of drug-likeness (QED) is 0.145. The second kappa shape index (κ2) is 31.5. The molecule has 0 N–H and O–H groups in total. The van der Waals surface area contributed by atoms with Gasteiger partial charge in [-0.25, -0.2) is 37.8 Å². The van der Waals surface area contributed by atoms with E-state index in [1.165, 1.54) is 52.7 Å². The highest BCUT2D eigenvalue weighted by atomic mass is 16.4. The normalized spacial score (nSPS) is 14.6. The number of furan rings is 5. The van der Waals surface area contributed by atoms with E-state index in [-0.39, 0.29) is 27.8 Å². The fourth-order valence-electron chi connectivity index (χ4n) is 16.2. The van der Waals surface area contributed by atoms with Crippen LogP contribution in [0.25, 0.3) is 166 Å². The summed E-state index contributed by atoms with van der Waals surface area (Å²) in [6.07, 6.45) is 14.6. The van der Waals surface area contributed by atoms with Crippen LogP contribution in [-0.4, -0.2) is 15.0 Å². The molecule has 1 atom stereocenters. The first-order valence-corrected chi connectivity index (χ1v) is 38.9. The molecule has 0 spiro atoms. The molecule has 7 aromatic carbocycles. The number of para-hydroxylation sites is 2. The Kier molecular flexibility index (Phi) is 16.2. The molecule has 0 fully saturated rings. The third kappa shape index (κ3) is 14.3. The number of nitrogens with zero attached hydrogens (tertiary/aromatic N) is 8. The van der Waals surface area contributed by atoms with E-state index in [4.69, 9.17) is 44.0 Å². The van der Waals surface area contributed by atoms with Crippen molar-refractivity contribution in [3.63, 3.8) is 0 Å². The van der Waals surface area contributed by atoms with Crippen molar-refractivity contribution in [3.8, 4) is 56.3 Å². The van der Waals surface area contributed by atoms with Crippen molar-refractivity contribution >= 4 is 110 Å². The molecule has 20 rings (SSSR count). The lowest BCUT2D eigenvalue weighted by atomic mass is 9.93. The van der Waals surface area contributed by atoms with Gasteiger partial charge in [-0.05, 0) is 204 Å². The summed E-state index contributed by atoms with van der Waals surface area (Å²) in [6.45, 7) is 7.03. The van der Waals surface area contributed by atoms with Gasteiger partial charge >= 0.3 is 0 Å². The first kappa shape index (κ1) is 60.3. The van der Waals surface area contributed by atoms with Crippen LogP contribution in [0.15, 0.2) is 260 Å². The lowest BCUT2D eigenvalue weighted by Gasteiger charge is -2.13. The van der Waals surface area contributed by atoms with Crippen molar-refractivity contribution in [2.75, 3.05) is 0 Å². The fourth-order valence-corrected chi connectivity index (χ4v) is 16.2. The first-order valence-electron chi connectivity index (χ1n) is 46.9. The maximum Gasteiger partial charge on any atom is 0.227 e. The van der Waals surface area contributed by atoms with E-state index in [1.807, 2.05) is 61.5 Å². The number of pyridine rings is 8. The Bertz CT molecular complexity index is 8000. The van der Waals surface area contributed by atoms with Crippen molar-refractivity contribution in [1.29, 1.82) is 0 Å². The summed E-state index contributed by atoms with van der Waals surface area (Å²) in [6, 6.07) is 60.7. The zero-order valence-corrected chi connectivity index (χ0v) is 68.2. The smallest absolute Gasteiger partial charge is 0.227 e. The molecule has 13 heteroatoms. The van der Waals surface area contributed by atoms with E-state index >= 15 is 0 Å². The molecule has 117 heavy (non-hydrogen) atoms. The molecule has 0 aliphatic carbocycles. The van der Waals surface area contributed by atoms with Crippen molar-refractivity contribution < 1.29 is 66.9 Å². The molecule has 582 valence electrons. The van der Waals surface area contributed by atoms with E-state index in [2.05, 4.69) is 201 Å². The molecule has 13 nitrogen and oxygen atoms in total. The Morgan fingerprint density at radius 3 is 1.21 bits per heavy atom. The molecule has 0 aliphatic rings. The summed E-state index contributed by atoms with van der Waals surface area (Å²) in [7, 11) is 9.61. The third-order valence-corrected chi connectivity index (χ3v) is 22.2. The van der Waals surface area contributed by atoms with E-state index < -0.39 is 40.2 Å². The van der Waals surface area contributed by atoms with Gasteiger partial charge in [0.25, 0.3) is 0 Å². The number of benzene rings is 7. The zero-order valence-electron chi connectivity index (χ0n) is 84.2. The lowest BCUT2D eigenvalue weighted by Crippen LogP contribution is -2.32. The highest BCUT2D eigenvalue weighted by Gasteiger charge is 2.29. The number of hydrogen-bond acceptors (Lipinski definition) is 8. The zero-order chi connectivity index (χ0) is 95.5. The monoisotopic (exact) mass is 1560 g/mol. The molecule has 20 aromatic rings. The van der Waals surface area contributed by atoms with Gasteiger partial charge in [-0.2, -0.15) is 0 Å². The van der Waals surface area contributed by atoms with Crippen LogP contribution in [0.1, 0.15) is 134 Å². The van der Waals surface area contributed by atoms with Gasteiger partial charge in [0.05, 0.1) is 27.8 Å². The Labute approximate surface area is 705 Å². The molecule has 13 heterocycles. The van der Waals surface area contributed by atoms with Gasteiger partial charge < -0.3 is 22.1 Å². The molecule has 0 saturated heterocycles. The topological polar surface area (TPSA) is 124 Å². The maximum absolute atomic E-state index is 8.67. The van der Waals surface area contributed by atoms with Gasteiger partial charge in [0, 0.05) is 154 Å². The van der Waals surface area contributed by atoms with Crippen LogP contribution < -0.4 is 22.8 Å². The summed E-state index contributed by atoms with van der Waals surface area (Å²) in [5.41, 5.74) is 24.4. The molecule has 1 unspecified atom stereocenters. The number of aromatic nitrogens is 8. The number of rotatable bonds is 7. The minimum atomic E-state index is -2.81. The Morgan fingerprint density at radius 2 is 0.735 bits per heavy atom. The second-order valence-corrected chi connectivity index (χ2v) is 30.7. The van der Waals surface area contributed by atoms with Crippen LogP contribution in [0.4, 0.5) is 0 Å². The highest BCUT2D eigenvalue weighted by Crippen LogP contribution is 2.44. The predicted octanol–water partition coefficient (Wildman–Crippen LogP) is 24.2. The predicted molar refractivity (Wildman–Crippen MR) is 475 cm³/mol. The maximum atomic E-state index is 8.67. The van der Waals surface area contributed by atoms with E-state index in [0.29, 0.717) is 83.9 Å². The fraction of sp³-hybridized carbons (Fsp3) is 0.212. The van der Waals surface area contributed by atoms with Crippen LogP contribution >= 0.6 is 0 Å². The number of aryl methyl sites for hydroxylation is 16. The SMILES string of the molecule is Cc1ccc(-c2c(C)ccc3c2oc2ncccc23)[n+](C)c1.Cc1ccc2c(oc3ncccc32)c1-c1cc(C(C)C)cc[n+]1C.Cc1ccc2c(oc3ncccc32)c1-c1cccc[n+]1C.[2H]C([2H])([2H])c1c[n+](C)c(-c2c(C)cc(C([2H])([2H])[2H])c3c2oc2ccccc23)cc1C.[2H]C([2H])([2H])c1c[n+](C)c(-c2c(C)cc(C([2H])([2H])[2H])c3c2oc2ccccc23)cc1C([2H])(C)C([2H])([2H])[2H]. The van der Waals surface area contributed by atoms with E-state index in [9.17, 15) is 0 Å². The lowest BCUT2D eigenvalue weighted by molar-refractivity contribution is -0.660. The van der Waals surface area contributed by atoms with Crippen molar-refractivity contribution in [2.45, 2.75) is 115 Å². The Morgan fingerprint density at radius 1 is 0.316 bits per heavy atom. The van der Waals surface area contributed by atoms with Crippen LogP contribution in [0, 0.1) is 75.9 Å². The van der Waals surface area contributed by atoms with Crippen LogP contribution in [0.3, 0.4) is 0 Å². The average Bonchev–Trinajstić information content (AvgIpc) is 1.67. The summed E-state index contributed by atoms with van der Waals surface area (Å²) >= 11 is 0. The van der Waals surface area contributed by atoms with E-state index in [1.54, 1.807) is 98.3 Å². The molecule has 0 saturated carbocycles. The van der Waals surface area contributed by atoms with Crippen LogP contribution in [0.5, 0.6) is 0 Å². The minimum Gasteiger partial charge on any atom is -0.455 e. The van der Waals surface area contributed by atoms with E-state index in [0.717, 1.165) is 99.4 Å². The minimum absolute atomic E-state index is 0.124. The summed E-state index contributed by atoms with van der Waals surface area (Å²) in [5.74, 6) is -1.74. The molecular formula is C104H101N8O5+5. The molecule has 0 amide bonds. The average molecular weight is 1560 g/mol. The largest absolute Gasteiger partial charge is 0.455 e. The van der Waals surface area contributed by atoms with Gasteiger partial charge in [0.2, 0.25) is 45.6 Å². The molecular weight excluding hydrogens is 1440 g/mol. The van der Waals surface area contributed by atoms with Gasteiger partial charge in [-0.3, -0.25) is 0 Å². The number of fused-ring (bicyclic) bond motifs is 15. The standard InChI is InChI=1S/C24H26NO.C22H22NO.C21H21N2O.C19H17N2O.C18H15N2O/c1-14(2)19-12-20(25(6)13-17(19)5)23-16(4)11-15(3)22-18-9-7-8-10-21(18)26-24(22)23;1-13-11-18(23(5)12-16(13)4)21-15(3)10-14(2)20-17-8-6-7-9-19(17)24-22(20)21;1-13(2)15-9-11-23(4)18(12-15)19-14(3)7-8-16-17-6-5-10-22-21(17)24-20(16)19;1-12-6-9-16(21(3)11-12)17-13(2)7-8-14-15-5-4-10-20-19(15)22-18(14)17;1-12-8-9-13-14-6-5-10-19-18(14)21-17(13)16(12)15-7-3-4-11-20(15)2/h7-14H,1-6H3;6-12H,1-5H3;5-13H,1-4H3;4-11H,1-3H3;3-11H,1-2H3/q5*+1/i1D3,3D3,5D3,14D;2D3,4D3;;;. The third-order valence-electron chi connectivity index (χ3n) is 22.2. The van der Waals surface area contributed by atoms with Crippen LogP contribution in [0.2, 0.25) is 0 Å².